The van der Waals surface area contributed by atoms with Crippen LogP contribution < -0.4 is 0 Å². The lowest BCUT2D eigenvalue weighted by Gasteiger charge is -2.28. The molecule has 0 N–H and O–H groups in total. The van der Waals surface area contributed by atoms with Crippen molar-refractivity contribution in [1.29, 1.82) is 10.5 Å². The summed E-state index contributed by atoms with van der Waals surface area (Å²) in [7, 11) is 0. The van der Waals surface area contributed by atoms with Crippen molar-refractivity contribution in [3.8, 4) is 24.0 Å². The molecular weight excluding hydrogens is 280 g/mol. The second-order valence-electron chi connectivity index (χ2n) is 5.54. The molecule has 0 aromatic heterocycles. The molecule has 0 fully saturated rings. The van der Waals surface area contributed by atoms with Crippen LogP contribution in [0.25, 0.3) is 0 Å². The number of allylic oxidation sites excluding steroid dienone is 3. The zero-order valence-electron chi connectivity index (χ0n) is 13.0. The highest BCUT2D eigenvalue weighted by Crippen LogP contribution is 2.40. The van der Waals surface area contributed by atoms with Crippen LogP contribution in [-0.2, 0) is 0 Å². The van der Waals surface area contributed by atoms with Crippen LogP contribution in [0.15, 0.2) is 60.4 Å². The van der Waals surface area contributed by atoms with Crippen LogP contribution in [0.5, 0.6) is 0 Å². The monoisotopic (exact) mass is 298 g/mol. The SMILES string of the molecule is C=C=CC1CCCC=C1C(C#N)(C#N)CC#Cc1ccccc1. The van der Waals surface area contributed by atoms with Crippen LogP contribution in [0.1, 0.15) is 31.2 Å². The van der Waals surface area contributed by atoms with E-state index in [1.54, 1.807) is 0 Å². The summed E-state index contributed by atoms with van der Waals surface area (Å²) < 4.78 is 0. The maximum absolute atomic E-state index is 9.68. The number of hydrogen-bond acceptors (Lipinski definition) is 2. The Morgan fingerprint density at radius 3 is 2.61 bits per heavy atom. The first-order valence-corrected chi connectivity index (χ1v) is 7.68. The number of benzene rings is 1. The van der Waals surface area contributed by atoms with Gasteiger partial charge in [0.1, 0.15) is 0 Å². The van der Waals surface area contributed by atoms with Crippen molar-refractivity contribution in [2.24, 2.45) is 11.3 Å². The van der Waals surface area contributed by atoms with Crippen LogP contribution in [0.4, 0.5) is 0 Å². The molecule has 1 aromatic rings. The number of rotatable bonds is 3. The van der Waals surface area contributed by atoms with Gasteiger partial charge in [0.2, 0.25) is 0 Å². The van der Waals surface area contributed by atoms with E-state index in [9.17, 15) is 10.5 Å². The topological polar surface area (TPSA) is 47.6 Å². The predicted molar refractivity (Wildman–Crippen MR) is 90.7 cm³/mol. The summed E-state index contributed by atoms with van der Waals surface area (Å²) in [5.74, 6) is 6.11. The average molecular weight is 298 g/mol. The van der Waals surface area contributed by atoms with Crippen LogP contribution in [0.2, 0.25) is 0 Å². The van der Waals surface area contributed by atoms with Crippen molar-refractivity contribution in [2.45, 2.75) is 25.7 Å². The standard InChI is InChI=1S/C21H18N2/c1-2-9-19-13-6-7-14-20(19)21(16-22,17-23)15-8-12-18-10-4-3-5-11-18/h3-5,9-11,14,19H,1,6-7,13,15H2. The molecule has 1 atom stereocenters. The number of hydrogen-bond donors (Lipinski definition) is 0. The molecule has 2 nitrogen and oxygen atoms in total. The fraction of sp³-hybridized carbons (Fsp3) is 0.286. The molecule has 112 valence electrons. The van der Waals surface area contributed by atoms with Gasteiger partial charge in [0.25, 0.3) is 0 Å². The summed E-state index contributed by atoms with van der Waals surface area (Å²) in [6, 6.07) is 14.0. The van der Waals surface area contributed by atoms with Crippen molar-refractivity contribution in [2.75, 3.05) is 0 Å². The Hall–Kier alpha value is -2.98. The summed E-state index contributed by atoms with van der Waals surface area (Å²) in [6.45, 7) is 3.62. The molecule has 1 unspecified atom stereocenters. The van der Waals surface area contributed by atoms with Gasteiger partial charge < -0.3 is 0 Å². The average Bonchev–Trinajstić information content (AvgIpc) is 2.61. The van der Waals surface area contributed by atoms with E-state index in [-0.39, 0.29) is 12.3 Å². The molecule has 0 aliphatic heterocycles. The zero-order valence-corrected chi connectivity index (χ0v) is 13.0. The molecule has 1 aromatic carbocycles. The first kappa shape index (κ1) is 16.4. The van der Waals surface area contributed by atoms with Crippen LogP contribution >= 0.6 is 0 Å². The minimum Gasteiger partial charge on any atom is -0.196 e. The molecule has 1 aliphatic rings. The molecule has 2 rings (SSSR count). The van der Waals surface area contributed by atoms with Crippen molar-refractivity contribution >= 4 is 0 Å². The fourth-order valence-electron chi connectivity index (χ4n) is 2.84. The summed E-state index contributed by atoms with van der Waals surface area (Å²) in [5.41, 5.74) is 3.35. The Labute approximate surface area is 138 Å². The molecular formula is C21H18N2. The van der Waals surface area contributed by atoms with E-state index in [1.807, 2.05) is 42.5 Å². The van der Waals surface area contributed by atoms with Gasteiger partial charge in [-0.05, 0) is 43.0 Å². The van der Waals surface area contributed by atoms with Gasteiger partial charge in [-0.1, -0.05) is 42.7 Å². The van der Waals surface area contributed by atoms with E-state index < -0.39 is 5.41 Å². The minimum absolute atomic E-state index is 0.0547. The molecule has 2 heteroatoms. The zero-order chi connectivity index (χ0) is 16.5. The van der Waals surface area contributed by atoms with Gasteiger partial charge in [0, 0.05) is 17.9 Å². The quantitative estimate of drug-likeness (QED) is 0.467. The van der Waals surface area contributed by atoms with E-state index >= 15 is 0 Å². The summed E-state index contributed by atoms with van der Waals surface area (Å²) in [4.78, 5) is 0. The Bertz CT molecular complexity index is 755. The maximum Gasteiger partial charge on any atom is 0.176 e. The molecule has 0 bridgehead atoms. The van der Waals surface area contributed by atoms with Crippen molar-refractivity contribution in [1.82, 2.24) is 0 Å². The first-order chi connectivity index (χ1) is 11.3. The molecule has 0 heterocycles. The highest BCUT2D eigenvalue weighted by atomic mass is 14.4. The van der Waals surface area contributed by atoms with Crippen LogP contribution in [-0.4, -0.2) is 0 Å². The lowest BCUT2D eigenvalue weighted by Crippen LogP contribution is -2.25. The summed E-state index contributed by atoms with van der Waals surface area (Å²) in [6.07, 6.45) is 6.97. The third-order valence-electron chi connectivity index (χ3n) is 4.04. The van der Waals surface area contributed by atoms with Crippen molar-refractivity contribution in [3.05, 3.63) is 65.9 Å². The third-order valence-corrected chi connectivity index (χ3v) is 4.04. The van der Waals surface area contributed by atoms with Gasteiger partial charge in [-0.15, -0.1) is 5.73 Å². The van der Waals surface area contributed by atoms with Crippen LogP contribution in [0.3, 0.4) is 0 Å². The van der Waals surface area contributed by atoms with Crippen molar-refractivity contribution in [3.63, 3.8) is 0 Å². The normalized spacial score (nSPS) is 16.6. The molecule has 1 aliphatic carbocycles. The number of nitriles is 2. The van der Waals surface area contributed by atoms with E-state index in [1.165, 1.54) is 0 Å². The highest BCUT2D eigenvalue weighted by Gasteiger charge is 2.38. The van der Waals surface area contributed by atoms with E-state index in [4.69, 9.17) is 0 Å². The van der Waals surface area contributed by atoms with Gasteiger partial charge in [0.05, 0.1) is 12.1 Å². The Morgan fingerprint density at radius 2 is 1.96 bits per heavy atom. The van der Waals surface area contributed by atoms with Gasteiger partial charge in [-0.3, -0.25) is 0 Å². The van der Waals surface area contributed by atoms with E-state index in [0.717, 1.165) is 30.4 Å². The molecule has 0 spiro atoms. The smallest absolute Gasteiger partial charge is 0.176 e. The van der Waals surface area contributed by atoms with E-state index in [0.29, 0.717) is 0 Å². The second kappa shape index (κ2) is 7.87. The first-order valence-electron chi connectivity index (χ1n) is 7.68. The minimum atomic E-state index is -1.19. The summed E-state index contributed by atoms with van der Waals surface area (Å²) in [5, 5.41) is 19.4. The van der Waals surface area contributed by atoms with Crippen molar-refractivity contribution < 1.29 is 0 Å². The molecule has 23 heavy (non-hydrogen) atoms. The molecule has 0 saturated heterocycles. The Kier molecular flexibility index (Phi) is 5.61. The third kappa shape index (κ3) is 3.81. The molecule has 0 amide bonds. The maximum atomic E-state index is 9.68. The molecule has 0 saturated carbocycles. The lowest BCUT2D eigenvalue weighted by atomic mass is 9.70. The van der Waals surface area contributed by atoms with Gasteiger partial charge in [0.15, 0.2) is 5.41 Å². The Balaban J connectivity index is 2.31. The van der Waals surface area contributed by atoms with E-state index in [2.05, 4.69) is 36.3 Å². The number of nitrogens with zero attached hydrogens (tertiary/aromatic N) is 2. The van der Waals surface area contributed by atoms with Crippen LogP contribution in [0, 0.1) is 45.8 Å². The Morgan fingerprint density at radius 1 is 1.22 bits per heavy atom. The largest absolute Gasteiger partial charge is 0.196 e. The summed E-state index contributed by atoms with van der Waals surface area (Å²) >= 11 is 0. The second-order valence-corrected chi connectivity index (χ2v) is 5.54. The fourth-order valence-corrected chi connectivity index (χ4v) is 2.84. The van der Waals surface area contributed by atoms with Gasteiger partial charge in [-0.2, -0.15) is 10.5 Å². The predicted octanol–water partition coefficient (Wildman–Crippen LogP) is 4.53. The highest BCUT2D eigenvalue weighted by molar-refractivity contribution is 5.41. The van der Waals surface area contributed by atoms with Gasteiger partial charge >= 0.3 is 0 Å². The molecule has 0 radical (unpaired) electrons. The lowest BCUT2D eigenvalue weighted by molar-refractivity contribution is 0.493. The van der Waals surface area contributed by atoms with Gasteiger partial charge in [-0.25, -0.2) is 0 Å².